The average molecular weight is 415 g/mol. The number of ether oxygens (including phenoxy) is 1. The van der Waals surface area contributed by atoms with E-state index in [4.69, 9.17) is 4.74 Å². The van der Waals surface area contributed by atoms with Gasteiger partial charge in [0, 0.05) is 31.0 Å². The highest BCUT2D eigenvalue weighted by molar-refractivity contribution is 6.05. The molecular formula is C24H25N5O2. The fourth-order valence-corrected chi connectivity index (χ4v) is 3.14. The molecule has 0 radical (unpaired) electrons. The highest BCUT2D eigenvalue weighted by atomic mass is 16.5. The van der Waals surface area contributed by atoms with Crippen LogP contribution in [-0.2, 0) is 0 Å². The number of benzene rings is 3. The van der Waals surface area contributed by atoms with Gasteiger partial charge in [0.1, 0.15) is 16.8 Å². The maximum atomic E-state index is 12.7. The fourth-order valence-electron chi connectivity index (χ4n) is 3.14. The van der Waals surface area contributed by atoms with Crippen molar-refractivity contribution in [3.63, 3.8) is 0 Å². The Morgan fingerprint density at radius 3 is 2.52 bits per heavy atom. The minimum Gasteiger partial charge on any atom is -0.494 e. The highest BCUT2D eigenvalue weighted by Gasteiger charge is 2.10. The molecule has 1 aromatic heterocycles. The molecule has 31 heavy (non-hydrogen) atoms. The van der Waals surface area contributed by atoms with Crippen LogP contribution in [0.5, 0.6) is 5.75 Å². The maximum absolute atomic E-state index is 12.7. The van der Waals surface area contributed by atoms with E-state index in [0.29, 0.717) is 29.1 Å². The van der Waals surface area contributed by atoms with Crippen molar-refractivity contribution < 1.29 is 9.53 Å². The van der Waals surface area contributed by atoms with Crippen molar-refractivity contribution in [3.8, 4) is 11.4 Å². The summed E-state index contributed by atoms with van der Waals surface area (Å²) >= 11 is 0. The zero-order valence-corrected chi connectivity index (χ0v) is 17.9. The van der Waals surface area contributed by atoms with Crippen molar-refractivity contribution in [3.05, 3.63) is 72.3 Å². The second-order valence-corrected chi connectivity index (χ2v) is 7.43. The van der Waals surface area contributed by atoms with Crippen LogP contribution in [0, 0.1) is 0 Å². The van der Waals surface area contributed by atoms with Crippen LogP contribution in [0.2, 0.25) is 0 Å². The Morgan fingerprint density at radius 2 is 1.77 bits per heavy atom. The van der Waals surface area contributed by atoms with Crippen molar-refractivity contribution in [2.24, 2.45) is 0 Å². The average Bonchev–Trinajstić information content (AvgIpc) is 3.21. The minimum absolute atomic E-state index is 0.201. The van der Waals surface area contributed by atoms with E-state index in [1.807, 2.05) is 80.5 Å². The summed E-state index contributed by atoms with van der Waals surface area (Å²) in [7, 11) is 4.00. The third-order valence-corrected chi connectivity index (χ3v) is 4.80. The molecule has 0 atom stereocenters. The van der Waals surface area contributed by atoms with Crippen LogP contribution in [0.4, 0.5) is 11.4 Å². The molecule has 1 amide bonds. The van der Waals surface area contributed by atoms with Gasteiger partial charge in [0.25, 0.3) is 5.91 Å². The van der Waals surface area contributed by atoms with Gasteiger partial charge in [-0.1, -0.05) is 13.0 Å². The zero-order chi connectivity index (χ0) is 21.8. The summed E-state index contributed by atoms with van der Waals surface area (Å²) in [6, 6.07) is 20.7. The van der Waals surface area contributed by atoms with Crippen LogP contribution >= 0.6 is 0 Å². The number of hydrogen-bond donors (Lipinski definition) is 1. The molecule has 0 saturated carbocycles. The number of nitrogens with one attached hydrogen (secondary N) is 1. The zero-order valence-electron chi connectivity index (χ0n) is 17.9. The third-order valence-electron chi connectivity index (χ3n) is 4.80. The van der Waals surface area contributed by atoms with Gasteiger partial charge in [-0.3, -0.25) is 4.79 Å². The molecule has 0 fully saturated rings. The Labute approximate surface area is 181 Å². The lowest BCUT2D eigenvalue weighted by Crippen LogP contribution is -2.12. The summed E-state index contributed by atoms with van der Waals surface area (Å²) in [6.45, 7) is 2.66. The van der Waals surface area contributed by atoms with E-state index in [1.165, 1.54) is 0 Å². The van der Waals surface area contributed by atoms with E-state index < -0.39 is 0 Å². The van der Waals surface area contributed by atoms with Gasteiger partial charge in [0.15, 0.2) is 0 Å². The Morgan fingerprint density at radius 1 is 1.00 bits per heavy atom. The van der Waals surface area contributed by atoms with Crippen LogP contribution in [0.1, 0.15) is 23.7 Å². The summed E-state index contributed by atoms with van der Waals surface area (Å²) < 4.78 is 5.62. The molecule has 0 aliphatic rings. The molecule has 0 aliphatic carbocycles. The first-order valence-corrected chi connectivity index (χ1v) is 10.2. The van der Waals surface area contributed by atoms with Gasteiger partial charge >= 0.3 is 0 Å². The predicted molar refractivity (Wildman–Crippen MR) is 123 cm³/mol. The van der Waals surface area contributed by atoms with E-state index >= 15 is 0 Å². The molecule has 7 nitrogen and oxygen atoms in total. The number of fused-ring (bicyclic) bond motifs is 1. The molecule has 0 saturated heterocycles. The van der Waals surface area contributed by atoms with Crippen molar-refractivity contribution in [2.75, 3.05) is 30.9 Å². The quantitative estimate of drug-likeness (QED) is 0.480. The number of rotatable bonds is 7. The second kappa shape index (κ2) is 8.87. The van der Waals surface area contributed by atoms with Crippen LogP contribution in [0.25, 0.3) is 16.7 Å². The van der Waals surface area contributed by atoms with Crippen molar-refractivity contribution >= 4 is 28.3 Å². The van der Waals surface area contributed by atoms with Gasteiger partial charge in [0.2, 0.25) is 0 Å². The molecule has 0 bridgehead atoms. The summed E-state index contributed by atoms with van der Waals surface area (Å²) in [5, 5.41) is 12.0. The minimum atomic E-state index is -0.201. The summed E-state index contributed by atoms with van der Waals surface area (Å²) in [4.78, 5) is 16.3. The Balaban J connectivity index is 1.52. The van der Waals surface area contributed by atoms with Crippen LogP contribution < -0.4 is 15.0 Å². The van der Waals surface area contributed by atoms with Crippen LogP contribution in [0.3, 0.4) is 0 Å². The lowest BCUT2D eigenvalue weighted by molar-refractivity contribution is 0.102. The molecule has 1 N–H and O–H groups in total. The standard InChI is InChI=1S/C24H25N5O2/c1-4-14-31-21-7-5-6-17(15-21)24(30)25-18-8-13-22-23(16-18)27-29(26-22)20-11-9-19(10-12-20)28(2)3/h5-13,15-16H,4,14H2,1-3H3,(H,25,30). The fraction of sp³-hybridized carbons (Fsp3) is 0.208. The first-order valence-electron chi connectivity index (χ1n) is 10.2. The second-order valence-electron chi connectivity index (χ2n) is 7.43. The van der Waals surface area contributed by atoms with Gasteiger partial charge in [0.05, 0.1) is 12.3 Å². The third kappa shape index (κ3) is 4.66. The van der Waals surface area contributed by atoms with E-state index in [0.717, 1.165) is 23.3 Å². The number of nitrogens with zero attached hydrogens (tertiary/aromatic N) is 4. The van der Waals surface area contributed by atoms with E-state index in [2.05, 4.69) is 15.5 Å². The number of aromatic nitrogens is 3. The monoisotopic (exact) mass is 415 g/mol. The number of carbonyl (C=O) groups excluding carboxylic acids is 1. The van der Waals surface area contributed by atoms with Gasteiger partial charge < -0.3 is 15.0 Å². The van der Waals surface area contributed by atoms with Crippen LogP contribution in [-0.4, -0.2) is 41.6 Å². The lowest BCUT2D eigenvalue weighted by atomic mass is 10.2. The summed E-state index contributed by atoms with van der Waals surface area (Å²) in [5.74, 6) is 0.487. The molecule has 7 heteroatoms. The lowest BCUT2D eigenvalue weighted by Gasteiger charge is -2.12. The van der Waals surface area contributed by atoms with Gasteiger partial charge in [-0.15, -0.1) is 10.2 Å². The smallest absolute Gasteiger partial charge is 0.255 e. The van der Waals surface area contributed by atoms with E-state index in [1.54, 1.807) is 16.9 Å². The van der Waals surface area contributed by atoms with Gasteiger partial charge in [-0.2, -0.15) is 4.80 Å². The van der Waals surface area contributed by atoms with E-state index in [9.17, 15) is 4.79 Å². The summed E-state index contributed by atoms with van der Waals surface area (Å²) in [6.07, 6.45) is 0.914. The van der Waals surface area contributed by atoms with Gasteiger partial charge in [-0.05, 0) is 67.1 Å². The van der Waals surface area contributed by atoms with Crippen molar-refractivity contribution in [1.29, 1.82) is 0 Å². The molecular weight excluding hydrogens is 390 g/mol. The highest BCUT2D eigenvalue weighted by Crippen LogP contribution is 2.20. The van der Waals surface area contributed by atoms with Crippen molar-refractivity contribution in [1.82, 2.24) is 15.0 Å². The van der Waals surface area contributed by atoms with Crippen molar-refractivity contribution in [2.45, 2.75) is 13.3 Å². The number of anilines is 2. The molecule has 0 unspecified atom stereocenters. The molecule has 4 rings (SSSR count). The van der Waals surface area contributed by atoms with Gasteiger partial charge in [-0.25, -0.2) is 0 Å². The van der Waals surface area contributed by atoms with Crippen LogP contribution in [0.15, 0.2) is 66.7 Å². The first-order chi connectivity index (χ1) is 15.0. The molecule has 1 heterocycles. The summed E-state index contributed by atoms with van der Waals surface area (Å²) in [5.41, 5.74) is 4.63. The molecule has 4 aromatic rings. The number of carbonyl (C=O) groups is 1. The normalized spacial score (nSPS) is 10.8. The Bertz CT molecular complexity index is 1200. The first kappa shape index (κ1) is 20.4. The number of hydrogen-bond acceptors (Lipinski definition) is 5. The molecule has 0 spiro atoms. The Kier molecular flexibility index (Phi) is 5.84. The topological polar surface area (TPSA) is 72.3 Å². The maximum Gasteiger partial charge on any atom is 0.255 e. The Hall–Kier alpha value is -3.87. The predicted octanol–water partition coefficient (Wildman–Crippen LogP) is 4.53. The molecule has 3 aromatic carbocycles. The SMILES string of the molecule is CCCOc1cccc(C(=O)Nc2ccc3nn(-c4ccc(N(C)C)cc4)nc3c2)c1. The largest absolute Gasteiger partial charge is 0.494 e. The molecule has 0 aliphatic heterocycles. The van der Waals surface area contributed by atoms with E-state index in [-0.39, 0.29) is 5.91 Å². The molecule has 158 valence electrons. The number of amides is 1.